The monoisotopic (exact) mass is 780 g/mol. The SMILES string of the molecule is C=N/N=C(/CC(=O)O)C(C)C.CC.CC1CC1.CCC.CCC.CCC1C(C)c2cc(Cl)ccc2-n2c(C=C(C)C)ccc2C1C.COc1ccccc1C. The van der Waals surface area contributed by atoms with Gasteiger partial charge in [-0.3, -0.25) is 4.79 Å². The number of aliphatic carboxylic acids is 1. The summed E-state index contributed by atoms with van der Waals surface area (Å²) in [5, 5.41) is 16.1. The molecule has 0 radical (unpaired) electrons. The third-order valence-corrected chi connectivity index (χ3v) is 8.93. The van der Waals surface area contributed by atoms with Gasteiger partial charge in [0.05, 0.1) is 19.2 Å². The number of aryl methyl sites for hydroxylation is 1. The molecular weight excluding hydrogens is 702 g/mol. The van der Waals surface area contributed by atoms with E-state index in [0.29, 0.717) is 23.5 Å². The Labute approximate surface area is 342 Å². The summed E-state index contributed by atoms with van der Waals surface area (Å²) in [4.78, 5) is 10.2. The van der Waals surface area contributed by atoms with E-state index in [0.717, 1.165) is 16.7 Å². The van der Waals surface area contributed by atoms with Crippen LogP contribution in [0.15, 0.2) is 70.4 Å². The fourth-order valence-electron chi connectivity index (χ4n) is 5.75. The Bertz CT molecular complexity index is 1550. The fourth-order valence-corrected chi connectivity index (χ4v) is 5.93. The minimum absolute atomic E-state index is 0.0588. The smallest absolute Gasteiger partial charge is 0.309 e. The highest BCUT2D eigenvalue weighted by molar-refractivity contribution is 6.30. The number of hydrogen-bond donors (Lipinski definition) is 1. The third kappa shape index (κ3) is 20.7. The van der Waals surface area contributed by atoms with E-state index >= 15 is 0 Å². The lowest BCUT2D eigenvalue weighted by atomic mass is 9.77. The zero-order valence-corrected chi connectivity index (χ0v) is 38.3. The van der Waals surface area contributed by atoms with Crippen LogP contribution < -0.4 is 4.74 Å². The Balaban J connectivity index is 0. The maximum Gasteiger partial charge on any atom is 0.309 e. The van der Waals surface area contributed by atoms with Gasteiger partial charge in [0.15, 0.2) is 0 Å². The second kappa shape index (κ2) is 30.6. The first-order chi connectivity index (χ1) is 26.1. The van der Waals surface area contributed by atoms with Crippen molar-refractivity contribution < 1.29 is 14.6 Å². The highest BCUT2D eigenvalue weighted by atomic mass is 35.5. The summed E-state index contributed by atoms with van der Waals surface area (Å²) in [6.07, 6.45) is 8.86. The van der Waals surface area contributed by atoms with Crippen LogP contribution in [0.2, 0.25) is 5.02 Å². The third-order valence-electron chi connectivity index (χ3n) is 8.70. The van der Waals surface area contributed by atoms with E-state index in [1.807, 2.05) is 65.0 Å². The summed E-state index contributed by atoms with van der Waals surface area (Å²) in [7, 11) is 1.68. The Morgan fingerprint density at radius 2 is 1.51 bits per heavy atom. The average molecular weight is 781 g/mol. The predicted octanol–water partition coefficient (Wildman–Crippen LogP) is 15.3. The Morgan fingerprint density at radius 3 is 1.91 bits per heavy atom. The van der Waals surface area contributed by atoms with E-state index in [1.165, 1.54) is 65.9 Å². The molecule has 0 saturated heterocycles. The molecule has 7 heteroatoms. The van der Waals surface area contributed by atoms with Gasteiger partial charge in [0.25, 0.3) is 0 Å². The van der Waals surface area contributed by atoms with Crippen LogP contribution in [0.4, 0.5) is 0 Å². The van der Waals surface area contributed by atoms with Crippen molar-refractivity contribution in [2.45, 2.75) is 154 Å². The lowest BCUT2D eigenvalue weighted by Gasteiger charge is -2.26. The summed E-state index contributed by atoms with van der Waals surface area (Å²) in [5.41, 5.74) is 8.38. The van der Waals surface area contributed by atoms with E-state index in [-0.39, 0.29) is 12.3 Å². The molecule has 0 bridgehead atoms. The molecule has 3 aromatic rings. The van der Waals surface area contributed by atoms with Crippen molar-refractivity contribution in [3.8, 4) is 11.4 Å². The minimum Gasteiger partial charge on any atom is -0.496 e. The van der Waals surface area contributed by atoms with Gasteiger partial charge in [-0.05, 0) is 98.0 Å². The summed E-state index contributed by atoms with van der Waals surface area (Å²) in [5.74, 6) is 2.92. The van der Waals surface area contributed by atoms with Crippen molar-refractivity contribution in [2.24, 2.45) is 28.0 Å². The number of ether oxygens (including phenoxy) is 1. The maximum absolute atomic E-state index is 10.2. The number of carboxylic acids is 1. The number of methoxy groups -OCH3 is 1. The standard InChI is InChI=1S/C21H26ClN.C8H10O.C7H12N2O2.C4H8.2C3H8.C2H6/c1-6-18-14(4)19-12-16(22)7-9-21(19)23-17(11-13(2)3)8-10-20(23)15(18)5;1-7-5-3-4-6-8(7)9-2;1-5(2)6(9-8-3)4-7(10)11;1-4-2-3-4;2*1-3-2;1-2/h7-12,14-15,18H,6H2,1-5H3;3-6H,1-2H3;5H,3-4H2,1-2H3,(H,10,11);4H,2-3H2,1H3;2*3H2,1-2H3;1-2H3/b;;9-6-;;;;. The van der Waals surface area contributed by atoms with E-state index in [1.54, 1.807) is 7.11 Å². The van der Waals surface area contributed by atoms with Gasteiger partial charge in [-0.15, -0.1) is 0 Å². The number of carboxylic acid groups (broad SMARTS) is 1. The number of fused-ring (bicyclic) bond motifs is 3. The first-order valence-electron chi connectivity index (χ1n) is 20.6. The molecule has 3 unspecified atom stereocenters. The molecule has 55 heavy (non-hydrogen) atoms. The molecule has 2 aromatic carbocycles. The van der Waals surface area contributed by atoms with Crippen molar-refractivity contribution in [2.75, 3.05) is 7.11 Å². The number of hydrogen-bond acceptors (Lipinski definition) is 4. The summed E-state index contributed by atoms with van der Waals surface area (Å²) in [6.45, 7) is 35.0. The molecular formula is C48H78ClN3O3. The summed E-state index contributed by atoms with van der Waals surface area (Å²) in [6, 6.07) is 18.9. The largest absolute Gasteiger partial charge is 0.496 e. The normalized spacial score (nSPS) is 16.1. The Morgan fingerprint density at radius 1 is 0.964 bits per heavy atom. The zero-order chi connectivity index (χ0) is 42.7. The topological polar surface area (TPSA) is 76.2 Å². The van der Waals surface area contributed by atoms with E-state index in [4.69, 9.17) is 21.4 Å². The Hall–Kier alpha value is -3.64. The minimum atomic E-state index is -0.888. The molecule has 1 N–H and O–H groups in total. The van der Waals surface area contributed by atoms with Crippen LogP contribution in [0.25, 0.3) is 11.8 Å². The zero-order valence-electron chi connectivity index (χ0n) is 37.6. The molecule has 1 fully saturated rings. The van der Waals surface area contributed by atoms with Crippen molar-refractivity contribution in [1.29, 1.82) is 0 Å². The molecule has 5 rings (SSSR count). The van der Waals surface area contributed by atoms with Gasteiger partial charge in [0.2, 0.25) is 0 Å². The molecule has 0 amide bonds. The second-order valence-corrected chi connectivity index (χ2v) is 15.1. The number of nitrogens with zero attached hydrogens (tertiary/aromatic N) is 3. The molecule has 0 spiro atoms. The summed E-state index contributed by atoms with van der Waals surface area (Å²) >= 11 is 6.33. The fraction of sp³-hybridized carbons (Fsp3) is 0.562. The van der Waals surface area contributed by atoms with E-state index in [2.05, 4.69) is 121 Å². The highest BCUT2D eigenvalue weighted by Gasteiger charge is 2.32. The Kier molecular flexibility index (Phi) is 29.7. The van der Waals surface area contributed by atoms with Gasteiger partial charge in [-0.1, -0.05) is 151 Å². The van der Waals surface area contributed by atoms with Crippen molar-refractivity contribution in [3.05, 3.63) is 87.7 Å². The molecule has 6 nitrogen and oxygen atoms in total. The van der Waals surface area contributed by atoms with Crippen molar-refractivity contribution in [3.63, 3.8) is 0 Å². The quantitative estimate of drug-likeness (QED) is 0.192. The van der Waals surface area contributed by atoms with Gasteiger partial charge < -0.3 is 14.4 Å². The lowest BCUT2D eigenvalue weighted by Crippen LogP contribution is -2.15. The first kappa shape index (κ1) is 53.5. The van der Waals surface area contributed by atoms with Crippen LogP contribution in [0, 0.1) is 24.7 Å². The number of rotatable bonds is 7. The maximum atomic E-state index is 10.2. The van der Waals surface area contributed by atoms with Crippen LogP contribution in [0.3, 0.4) is 0 Å². The van der Waals surface area contributed by atoms with Gasteiger partial charge in [0.1, 0.15) is 5.75 Å². The number of aromatic nitrogens is 1. The average Bonchev–Trinajstić information content (AvgIpc) is 3.84. The molecule has 1 aliphatic carbocycles. The molecule has 3 atom stereocenters. The van der Waals surface area contributed by atoms with Crippen LogP contribution in [-0.2, 0) is 4.79 Å². The summed E-state index contributed by atoms with van der Waals surface area (Å²) < 4.78 is 7.48. The van der Waals surface area contributed by atoms with Crippen LogP contribution in [-0.4, -0.2) is 35.2 Å². The number of allylic oxidation sites excluding steroid dienone is 1. The number of para-hydroxylation sites is 1. The van der Waals surface area contributed by atoms with E-state index in [9.17, 15) is 4.79 Å². The van der Waals surface area contributed by atoms with Crippen molar-refractivity contribution in [1.82, 2.24) is 4.57 Å². The number of carbonyl (C=O) groups is 1. The second-order valence-electron chi connectivity index (χ2n) is 14.6. The lowest BCUT2D eigenvalue weighted by molar-refractivity contribution is -0.135. The molecule has 1 saturated carbocycles. The molecule has 310 valence electrons. The van der Waals surface area contributed by atoms with Gasteiger partial charge >= 0.3 is 5.97 Å². The van der Waals surface area contributed by atoms with Crippen LogP contribution >= 0.6 is 11.6 Å². The van der Waals surface area contributed by atoms with Crippen LogP contribution in [0.1, 0.15) is 170 Å². The molecule has 1 aliphatic heterocycles. The number of benzene rings is 2. The molecule has 2 heterocycles. The van der Waals surface area contributed by atoms with Crippen LogP contribution in [0.5, 0.6) is 5.75 Å². The molecule has 2 aliphatic rings. The van der Waals surface area contributed by atoms with Crippen molar-refractivity contribution >= 4 is 36.1 Å². The molecule has 1 aromatic heterocycles. The van der Waals surface area contributed by atoms with Gasteiger partial charge in [0, 0.05) is 34.7 Å². The highest BCUT2D eigenvalue weighted by Crippen LogP contribution is 2.45. The van der Waals surface area contributed by atoms with Gasteiger partial charge in [-0.2, -0.15) is 10.2 Å². The first-order valence-corrected chi connectivity index (χ1v) is 21.0. The van der Waals surface area contributed by atoms with E-state index < -0.39 is 5.97 Å². The predicted molar refractivity (Wildman–Crippen MR) is 244 cm³/mol. The van der Waals surface area contributed by atoms with Gasteiger partial charge in [-0.25, -0.2) is 0 Å². The number of halogens is 1.